The third kappa shape index (κ3) is 1.96. The first-order valence-electron chi connectivity index (χ1n) is 7.04. The predicted molar refractivity (Wildman–Crippen MR) is 78.6 cm³/mol. The van der Waals surface area contributed by atoms with Crippen molar-refractivity contribution in [3.05, 3.63) is 16.0 Å². The summed E-state index contributed by atoms with van der Waals surface area (Å²) in [5.41, 5.74) is 8.10. The number of carbonyl (C=O) groups is 1. The molecule has 0 aromatic carbocycles. The van der Waals surface area contributed by atoms with Gasteiger partial charge in [0.05, 0.1) is 10.6 Å². The smallest absolute Gasteiger partial charge is 0.254 e. The normalized spacial score (nSPS) is 25.4. The summed E-state index contributed by atoms with van der Waals surface area (Å²) < 4.78 is 0. The quantitative estimate of drug-likeness (QED) is 0.891. The minimum Gasteiger partial charge on any atom is -0.390 e. The molecule has 19 heavy (non-hydrogen) atoms. The van der Waals surface area contributed by atoms with Crippen molar-refractivity contribution in [3.8, 4) is 0 Å². The zero-order valence-electron chi connectivity index (χ0n) is 11.5. The Balaban J connectivity index is 1.96. The van der Waals surface area contributed by atoms with Gasteiger partial charge in [0.25, 0.3) is 5.91 Å². The standard InChI is InChI=1S/C14H21N3OS/c1-3-6-16-14(18)11-9-7-8-4-5-10(17(8)2)12(9)19-13(11)15/h8,10H,3-7,15H2,1-2H3,(H,16,18). The number of carbonyl (C=O) groups excluding carboxylic acids is 1. The molecule has 1 fully saturated rings. The molecule has 0 radical (unpaired) electrons. The number of likely N-dealkylation sites (N-methyl/N-ethyl adjacent to an activating group) is 1. The highest BCUT2D eigenvalue weighted by Crippen LogP contribution is 2.48. The minimum absolute atomic E-state index is 0.0146. The Morgan fingerprint density at radius 1 is 1.53 bits per heavy atom. The van der Waals surface area contributed by atoms with Crippen LogP contribution in [0.4, 0.5) is 5.00 Å². The molecule has 0 aliphatic carbocycles. The van der Waals surface area contributed by atoms with Gasteiger partial charge in [0, 0.05) is 23.5 Å². The Bertz CT molecular complexity index is 511. The van der Waals surface area contributed by atoms with E-state index in [0.29, 0.717) is 17.1 Å². The molecule has 104 valence electrons. The second-order valence-electron chi connectivity index (χ2n) is 5.56. The lowest BCUT2D eigenvalue weighted by Crippen LogP contribution is -2.34. The van der Waals surface area contributed by atoms with E-state index in [9.17, 15) is 4.79 Å². The Hall–Kier alpha value is -1.07. The van der Waals surface area contributed by atoms with E-state index in [1.54, 1.807) is 11.3 Å². The van der Waals surface area contributed by atoms with Gasteiger partial charge >= 0.3 is 0 Å². The molecular weight excluding hydrogens is 258 g/mol. The van der Waals surface area contributed by atoms with Gasteiger partial charge in [0.15, 0.2) is 0 Å². The number of fused-ring (bicyclic) bond motifs is 4. The van der Waals surface area contributed by atoms with E-state index < -0.39 is 0 Å². The molecule has 0 spiro atoms. The van der Waals surface area contributed by atoms with E-state index in [-0.39, 0.29) is 5.91 Å². The van der Waals surface area contributed by atoms with E-state index in [4.69, 9.17) is 5.73 Å². The Labute approximate surface area is 118 Å². The first-order valence-corrected chi connectivity index (χ1v) is 7.86. The third-order valence-electron chi connectivity index (χ3n) is 4.41. The van der Waals surface area contributed by atoms with Crippen LogP contribution in [0, 0.1) is 0 Å². The van der Waals surface area contributed by atoms with Gasteiger partial charge in [-0.1, -0.05) is 6.92 Å². The summed E-state index contributed by atoms with van der Waals surface area (Å²) in [5.74, 6) is 0.0146. The van der Waals surface area contributed by atoms with Crippen LogP contribution in [0.15, 0.2) is 0 Å². The SMILES string of the molecule is CCCNC(=O)c1c(N)sc2c1CC1CCC2N1C. The van der Waals surface area contributed by atoms with Crippen molar-refractivity contribution in [2.75, 3.05) is 19.3 Å². The van der Waals surface area contributed by atoms with Crippen LogP contribution in [0.5, 0.6) is 0 Å². The molecule has 1 saturated heterocycles. The number of nitrogens with two attached hydrogens (primary N) is 1. The highest BCUT2D eigenvalue weighted by atomic mass is 32.1. The largest absolute Gasteiger partial charge is 0.390 e. The van der Waals surface area contributed by atoms with Crippen molar-refractivity contribution < 1.29 is 4.79 Å². The number of anilines is 1. The van der Waals surface area contributed by atoms with Crippen molar-refractivity contribution >= 4 is 22.2 Å². The number of thiophene rings is 1. The summed E-state index contributed by atoms with van der Waals surface area (Å²) in [5, 5.41) is 3.66. The third-order valence-corrected chi connectivity index (χ3v) is 5.57. The summed E-state index contributed by atoms with van der Waals surface area (Å²) in [6.45, 7) is 2.78. The maximum Gasteiger partial charge on any atom is 0.254 e. The van der Waals surface area contributed by atoms with Crippen LogP contribution in [0.1, 0.15) is 53.0 Å². The van der Waals surface area contributed by atoms with Crippen molar-refractivity contribution in [2.45, 2.75) is 44.7 Å². The fourth-order valence-electron chi connectivity index (χ4n) is 3.36. The molecule has 2 unspecified atom stereocenters. The number of rotatable bonds is 3. The topological polar surface area (TPSA) is 58.4 Å². The molecular formula is C14H21N3OS. The van der Waals surface area contributed by atoms with Gasteiger partial charge in [0.2, 0.25) is 0 Å². The molecule has 3 heterocycles. The van der Waals surface area contributed by atoms with Crippen LogP contribution in [-0.4, -0.2) is 30.4 Å². The second-order valence-corrected chi connectivity index (χ2v) is 6.64. The lowest BCUT2D eigenvalue weighted by atomic mass is 9.97. The second kappa shape index (κ2) is 4.80. The van der Waals surface area contributed by atoms with Crippen LogP contribution >= 0.6 is 11.3 Å². The molecule has 3 rings (SSSR count). The maximum atomic E-state index is 12.3. The first-order chi connectivity index (χ1) is 9.13. The fraction of sp³-hybridized carbons (Fsp3) is 0.643. The molecule has 2 aliphatic rings. The van der Waals surface area contributed by atoms with Gasteiger partial charge in [0.1, 0.15) is 0 Å². The van der Waals surface area contributed by atoms with Gasteiger partial charge in [-0.3, -0.25) is 9.69 Å². The minimum atomic E-state index is 0.0146. The van der Waals surface area contributed by atoms with E-state index >= 15 is 0 Å². The monoisotopic (exact) mass is 279 g/mol. The average molecular weight is 279 g/mol. The molecule has 3 N–H and O–H groups in total. The molecule has 2 bridgehead atoms. The van der Waals surface area contributed by atoms with Crippen LogP contribution < -0.4 is 11.1 Å². The molecule has 1 aromatic heterocycles. The van der Waals surface area contributed by atoms with E-state index in [1.165, 1.54) is 23.3 Å². The number of amides is 1. The summed E-state index contributed by atoms with van der Waals surface area (Å²) in [6, 6.07) is 1.07. The Morgan fingerprint density at radius 2 is 2.32 bits per heavy atom. The van der Waals surface area contributed by atoms with E-state index in [0.717, 1.165) is 24.9 Å². The zero-order valence-corrected chi connectivity index (χ0v) is 12.3. The predicted octanol–water partition coefficient (Wildman–Crippen LogP) is 2.16. The lowest BCUT2D eigenvalue weighted by molar-refractivity contribution is 0.0953. The van der Waals surface area contributed by atoms with Crippen LogP contribution in [-0.2, 0) is 6.42 Å². The van der Waals surface area contributed by atoms with E-state index in [1.807, 2.05) is 0 Å². The number of nitrogen functional groups attached to an aromatic ring is 1. The summed E-state index contributed by atoms with van der Waals surface area (Å²) >= 11 is 1.62. The summed E-state index contributed by atoms with van der Waals surface area (Å²) in [7, 11) is 2.19. The number of hydrogen-bond donors (Lipinski definition) is 2. The van der Waals surface area contributed by atoms with Gasteiger partial charge in [-0.05, 0) is 38.3 Å². The molecule has 5 heteroatoms. The Morgan fingerprint density at radius 3 is 3.05 bits per heavy atom. The fourth-order valence-corrected chi connectivity index (χ4v) is 4.64. The van der Waals surface area contributed by atoms with Gasteiger partial charge in [-0.25, -0.2) is 0 Å². The van der Waals surface area contributed by atoms with Crippen LogP contribution in [0.2, 0.25) is 0 Å². The highest BCUT2D eigenvalue weighted by Gasteiger charge is 2.41. The number of nitrogens with one attached hydrogen (secondary N) is 1. The maximum absolute atomic E-state index is 12.3. The average Bonchev–Trinajstić information content (AvgIpc) is 2.83. The van der Waals surface area contributed by atoms with Gasteiger partial charge < -0.3 is 11.1 Å². The first kappa shape index (κ1) is 12.9. The van der Waals surface area contributed by atoms with Crippen molar-refractivity contribution in [3.63, 3.8) is 0 Å². The zero-order chi connectivity index (χ0) is 13.6. The number of hydrogen-bond acceptors (Lipinski definition) is 4. The summed E-state index contributed by atoms with van der Waals surface area (Å²) in [4.78, 5) is 16.1. The van der Waals surface area contributed by atoms with Crippen LogP contribution in [0.3, 0.4) is 0 Å². The molecule has 1 amide bonds. The molecule has 2 atom stereocenters. The van der Waals surface area contributed by atoms with Crippen LogP contribution in [0.25, 0.3) is 0 Å². The van der Waals surface area contributed by atoms with E-state index in [2.05, 4.69) is 24.2 Å². The highest BCUT2D eigenvalue weighted by molar-refractivity contribution is 7.16. The van der Waals surface area contributed by atoms with Crippen molar-refractivity contribution in [1.82, 2.24) is 10.2 Å². The van der Waals surface area contributed by atoms with Gasteiger partial charge in [-0.15, -0.1) is 11.3 Å². The molecule has 0 saturated carbocycles. The van der Waals surface area contributed by atoms with Crippen molar-refractivity contribution in [2.24, 2.45) is 0 Å². The Kier molecular flexibility index (Phi) is 3.27. The summed E-state index contributed by atoms with van der Waals surface area (Å²) in [6.07, 6.45) is 4.36. The molecule has 1 aromatic rings. The molecule has 4 nitrogen and oxygen atoms in total. The number of nitrogens with zero attached hydrogens (tertiary/aromatic N) is 1. The lowest BCUT2D eigenvalue weighted by Gasteiger charge is -2.31. The van der Waals surface area contributed by atoms with Crippen molar-refractivity contribution in [1.29, 1.82) is 0 Å². The molecule has 2 aliphatic heterocycles. The van der Waals surface area contributed by atoms with Gasteiger partial charge in [-0.2, -0.15) is 0 Å².